The molecule has 14 heavy (non-hydrogen) atoms. The van der Waals surface area contributed by atoms with E-state index in [4.69, 9.17) is 4.74 Å². The molecule has 0 aromatic rings. The van der Waals surface area contributed by atoms with Gasteiger partial charge in [-0.1, -0.05) is 0 Å². The van der Waals surface area contributed by atoms with E-state index in [2.05, 4.69) is 0 Å². The van der Waals surface area contributed by atoms with Crippen molar-refractivity contribution in [3.05, 3.63) is 23.6 Å². The van der Waals surface area contributed by atoms with E-state index in [0.717, 1.165) is 0 Å². The summed E-state index contributed by atoms with van der Waals surface area (Å²) < 4.78 is 40.4. The number of carbonyl (C=O) groups excluding carboxylic acids is 1. The fraction of sp³-hybridized carbons (Fsp3) is 0.375. The first-order valence-electron chi connectivity index (χ1n) is 3.79. The van der Waals surface area contributed by atoms with Crippen LogP contribution in [0.2, 0.25) is 0 Å². The van der Waals surface area contributed by atoms with Gasteiger partial charge in [-0.15, -0.1) is 0 Å². The Kier molecular flexibility index (Phi) is 2.83. The highest BCUT2D eigenvalue weighted by Crippen LogP contribution is 2.16. The molecule has 6 heteroatoms. The lowest BCUT2D eigenvalue weighted by Crippen LogP contribution is -2.36. The first-order chi connectivity index (χ1) is 6.39. The summed E-state index contributed by atoms with van der Waals surface area (Å²) in [6.45, 7) is 1.75. The molecule has 3 nitrogen and oxygen atoms in total. The van der Waals surface area contributed by atoms with E-state index in [-0.39, 0.29) is 12.3 Å². The molecule has 1 amide bonds. The maximum atomic E-state index is 11.8. The van der Waals surface area contributed by atoms with Crippen LogP contribution < -0.4 is 5.32 Å². The Morgan fingerprint density at radius 2 is 2.21 bits per heavy atom. The van der Waals surface area contributed by atoms with Gasteiger partial charge in [-0.25, -0.2) is 0 Å². The molecule has 0 saturated carbocycles. The van der Waals surface area contributed by atoms with Crippen LogP contribution in [0.5, 0.6) is 0 Å². The average Bonchev–Trinajstić information content (AvgIpc) is 2.02. The third kappa shape index (κ3) is 2.79. The van der Waals surface area contributed by atoms with E-state index in [1.807, 2.05) is 0 Å². The Morgan fingerprint density at radius 3 is 2.71 bits per heavy atom. The standard InChI is InChI=1S/C8H8F3NO2/c1-5-4-6(2-3-14-5)12-7(13)8(9,10)11/h2,4H,3H2,1H3,(H,12,13). The summed E-state index contributed by atoms with van der Waals surface area (Å²) in [4.78, 5) is 10.5. The molecule has 0 spiro atoms. The Hall–Kier alpha value is -1.46. The number of alkyl halides is 3. The molecule has 0 radical (unpaired) electrons. The molecule has 78 valence electrons. The van der Waals surface area contributed by atoms with Crippen LogP contribution in [0.4, 0.5) is 13.2 Å². The van der Waals surface area contributed by atoms with Crippen LogP contribution in [-0.4, -0.2) is 18.7 Å². The summed E-state index contributed by atoms with van der Waals surface area (Å²) in [5, 5.41) is 1.73. The molecule has 0 bridgehead atoms. The van der Waals surface area contributed by atoms with E-state index in [9.17, 15) is 18.0 Å². The molecule has 0 aromatic carbocycles. The highest BCUT2D eigenvalue weighted by atomic mass is 19.4. The normalized spacial score (nSPS) is 16.6. The molecule has 0 aliphatic carbocycles. The summed E-state index contributed by atoms with van der Waals surface area (Å²) >= 11 is 0. The second-order valence-corrected chi connectivity index (χ2v) is 2.68. The van der Waals surface area contributed by atoms with Gasteiger partial charge in [0.1, 0.15) is 6.61 Å². The number of hydrogen-bond acceptors (Lipinski definition) is 2. The minimum absolute atomic E-state index is 0.107. The van der Waals surface area contributed by atoms with Crippen LogP contribution in [0, 0.1) is 0 Å². The smallest absolute Gasteiger partial charge is 0.471 e. The van der Waals surface area contributed by atoms with Crippen molar-refractivity contribution in [3.8, 4) is 0 Å². The van der Waals surface area contributed by atoms with Gasteiger partial charge < -0.3 is 10.1 Å². The third-order valence-electron chi connectivity index (χ3n) is 1.49. The van der Waals surface area contributed by atoms with E-state index < -0.39 is 12.1 Å². The number of hydrogen-bond donors (Lipinski definition) is 1. The minimum atomic E-state index is -4.86. The zero-order chi connectivity index (χ0) is 10.8. The molecule has 1 heterocycles. The lowest BCUT2D eigenvalue weighted by Gasteiger charge is -2.14. The van der Waals surface area contributed by atoms with Crippen molar-refractivity contribution >= 4 is 5.91 Å². The van der Waals surface area contributed by atoms with Crippen molar-refractivity contribution in [1.82, 2.24) is 5.32 Å². The number of carbonyl (C=O) groups is 1. The van der Waals surface area contributed by atoms with Crippen LogP contribution in [-0.2, 0) is 9.53 Å². The number of ether oxygens (including phenoxy) is 1. The van der Waals surface area contributed by atoms with Crippen LogP contribution in [0.15, 0.2) is 23.6 Å². The van der Waals surface area contributed by atoms with Crippen LogP contribution in [0.25, 0.3) is 0 Å². The largest absolute Gasteiger partial charge is 0.494 e. The van der Waals surface area contributed by atoms with Gasteiger partial charge in [0.15, 0.2) is 0 Å². The van der Waals surface area contributed by atoms with Gasteiger partial charge >= 0.3 is 12.1 Å². The fourth-order valence-electron chi connectivity index (χ4n) is 0.872. The molecule has 0 atom stereocenters. The van der Waals surface area contributed by atoms with Crippen molar-refractivity contribution in [2.24, 2.45) is 0 Å². The van der Waals surface area contributed by atoms with Gasteiger partial charge in [0, 0.05) is 5.70 Å². The minimum Gasteiger partial charge on any atom is -0.494 e. The molecule has 1 N–H and O–H groups in total. The average molecular weight is 207 g/mol. The maximum absolute atomic E-state index is 11.8. The molecule has 0 unspecified atom stereocenters. The first kappa shape index (κ1) is 10.6. The topological polar surface area (TPSA) is 38.3 Å². The third-order valence-corrected chi connectivity index (χ3v) is 1.49. The van der Waals surface area contributed by atoms with Gasteiger partial charge in [0.2, 0.25) is 0 Å². The zero-order valence-corrected chi connectivity index (χ0v) is 7.31. The molecule has 1 aliphatic heterocycles. The summed E-state index contributed by atoms with van der Waals surface area (Å²) in [6.07, 6.45) is -2.18. The Balaban J connectivity index is 2.62. The zero-order valence-electron chi connectivity index (χ0n) is 7.31. The van der Waals surface area contributed by atoms with E-state index in [1.165, 1.54) is 12.2 Å². The van der Waals surface area contributed by atoms with Crippen molar-refractivity contribution < 1.29 is 22.7 Å². The molecular weight excluding hydrogens is 199 g/mol. The quantitative estimate of drug-likeness (QED) is 0.707. The molecular formula is C8H8F3NO2. The first-order valence-corrected chi connectivity index (χ1v) is 3.79. The number of halogens is 3. The monoisotopic (exact) mass is 207 g/mol. The second kappa shape index (κ2) is 3.73. The highest BCUT2D eigenvalue weighted by Gasteiger charge is 2.38. The summed E-state index contributed by atoms with van der Waals surface area (Å²) in [7, 11) is 0. The highest BCUT2D eigenvalue weighted by molar-refractivity contribution is 5.83. The Labute approximate surface area is 78.2 Å². The van der Waals surface area contributed by atoms with Crippen molar-refractivity contribution in [2.45, 2.75) is 13.1 Å². The van der Waals surface area contributed by atoms with Gasteiger partial charge in [-0.05, 0) is 19.1 Å². The molecule has 0 saturated heterocycles. The predicted octanol–water partition coefficient (Wildman–Crippen LogP) is 1.48. The second-order valence-electron chi connectivity index (χ2n) is 2.68. The van der Waals surface area contributed by atoms with Crippen LogP contribution >= 0.6 is 0 Å². The summed E-state index contributed by atoms with van der Waals surface area (Å²) in [5.74, 6) is -1.51. The van der Waals surface area contributed by atoms with Gasteiger partial charge in [0.25, 0.3) is 0 Å². The summed E-state index contributed by atoms with van der Waals surface area (Å²) in [5.41, 5.74) is 0.107. The Morgan fingerprint density at radius 1 is 1.57 bits per heavy atom. The van der Waals surface area contributed by atoms with E-state index in [1.54, 1.807) is 12.2 Å². The van der Waals surface area contributed by atoms with Gasteiger partial charge in [-0.2, -0.15) is 13.2 Å². The number of allylic oxidation sites excluding steroid dienone is 2. The lowest BCUT2D eigenvalue weighted by atomic mass is 10.3. The van der Waals surface area contributed by atoms with Crippen LogP contribution in [0.3, 0.4) is 0 Å². The molecule has 1 rings (SSSR count). The summed E-state index contributed by atoms with van der Waals surface area (Å²) in [6, 6.07) is 0. The number of rotatable bonds is 1. The Bertz CT molecular complexity index is 304. The fourth-order valence-corrected chi connectivity index (χ4v) is 0.872. The van der Waals surface area contributed by atoms with Gasteiger partial charge in [-0.3, -0.25) is 4.79 Å². The number of amides is 1. The molecule has 0 aromatic heterocycles. The maximum Gasteiger partial charge on any atom is 0.471 e. The SMILES string of the molecule is CC1=CC(NC(=O)C(F)(F)F)=CCO1. The van der Waals surface area contributed by atoms with Crippen LogP contribution in [0.1, 0.15) is 6.92 Å². The molecule has 1 aliphatic rings. The lowest BCUT2D eigenvalue weighted by molar-refractivity contribution is -0.172. The van der Waals surface area contributed by atoms with E-state index >= 15 is 0 Å². The number of nitrogens with one attached hydrogen (secondary N) is 1. The van der Waals surface area contributed by atoms with Crippen molar-refractivity contribution in [1.29, 1.82) is 0 Å². The van der Waals surface area contributed by atoms with E-state index in [0.29, 0.717) is 5.76 Å². The van der Waals surface area contributed by atoms with Crippen molar-refractivity contribution in [2.75, 3.05) is 6.61 Å². The van der Waals surface area contributed by atoms with Gasteiger partial charge in [0.05, 0.1) is 5.76 Å². The molecule has 0 fully saturated rings. The predicted molar refractivity (Wildman–Crippen MR) is 42.0 cm³/mol. The van der Waals surface area contributed by atoms with Crippen molar-refractivity contribution in [3.63, 3.8) is 0 Å².